The molecule has 0 unspecified atom stereocenters. The molecule has 0 fully saturated rings. The van der Waals surface area contributed by atoms with Gasteiger partial charge in [-0.25, -0.2) is 4.68 Å². The number of nitrogens with zero attached hydrogens (tertiary/aromatic N) is 4. The lowest BCUT2D eigenvalue weighted by Crippen LogP contribution is -2.18. The molecule has 112 valence electrons. The van der Waals surface area contributed by atoms with Gasteiger partial charge >= 0.3 is 0 Å². The molecule has 1 heterocycles. The molecule has 12 heteroatoms. The van der Waals surface area contributed by atoms with Crippen molar-refractivity contribution in [3.63, 3.8) is 0 Å². The number of nitrogens with one attached hydrogen (secondary N) is 1. The Morgan fingerprint density at radius 2 is 2.14 bits per heavy atom. The van der Waals surface area contributed by atoms with Gasteiger partial charge in [-0.3, -0.25) is 14.8 Å². The van der Waals surface area contributed by atoms with Crippen LogP contribution in [0.4, 0.5) is 11.4 Å². The number of rotatable bonds is 4. The molecule has 0 saturated carbocycles. The first-order valence-electron chi connectivity index (χ1n) is 5.24. The molecule has 9 nitrogen and oxygen atoms in total. The lowest BCUT2D eigenvalue weighted by Gasteiger charge is -2.08. The van der Waals surface area contributed by atoms with E-state index in [0.29, 0.717) is 0 Å². The van der Waals surface area contributed by atoms with E-state index < -0.39 is 20.6 Å². The molecule has 0 aliphatic rings. The number of sulfonamides is 1. The molecule has 2 rings (SSSR count). The van der Waals surface area contributed by atoms with Crippen LogP contribution in [0.15, 0.2) is 27.8 Å². The van der Waals surface area contributed by atoms with Gasteiger partial charge in [-0.1, -0.05) is 16.8 Å². The zero-order valence-electron chi connectivity index (χ0n) is 10.3. The van der Waals surface area contributed by atoms with Crippen molar-refractivity contribution >= 4 is 48.9 Å². The Bertz CT molecular complexity index is 802. The van der Waals surface area contributed by atoms with E-state index in [0.717, 1.165) is 16.8 Å². The molecular weight excluding hydrogens is 390 g/mol. The third kappa shape index (κ3) is 3.14. The minimum Gasteiger partial charge on any atom is -0.272 e. The van der Waals surface area contributed by atoms with E-state index in [1.165, 1.54) is 13.1 Å². The van der Waals surface area contributed by atoms with Crippen molar-refractivity contribution in [2.75, 3.05) is 4.72 Å². The number of hydrogen-bond donors (Lipinski definition) is 1. The summed E-state index contributed by atoms with van der Waals surface area (Å²) in [5.74, 6) is 0. The van der Waals surface area contributed by atoms with Crippen LogP contribution in [-0.2, 0) is 17.1 Å². The number of nitro groups is 1. The quantitative estimate of drug-likeness (QED) is 0.623. The van der Waals surface area contributed by atoms with Crippen LogP contribution in [-0.4, -0.2) is 28.3 Å². The first-order chi connectivity index (χ1) is 9.72. The number of aryl methyl sites for hydroxylation is 1. The highest BCUT2D eigenvalue weighted by molar-refractivity contribution is 9.10. The fourth-order valence-electron chi connectivity index (χ4n) is 1.55. The number of benzene rings is 1. The molecule has 0 aliphatic carbocycles. The zero-order chi connectivity index (χ0) is 15.8. The second-order valence-corrected chi connectivity index (χ2v) is 6.62. The molecule has 0 spiro atoms. The Labute approximate surface area is 132 Å². The molecule has 21 heavy (non-hydrogen) atoms. The van der Waals surface area contributed by atoms with Crippen LogP contribution in [0.2, 0.25) is 5.02 Å². The Morgan fingerprint density at radius 3 is 2.67 bits per heavy atom. The molecule has 1 aromatic carbocycles. The highest BCUT2D eigenvalue weighted by atomic mass is 79.9. The second-order valence-electron chi connectivity index (χ2n) is 3.83. The summed E-state index contributed by atoms with van der Waals surface area (Å²) in [6.07, 6.45) is 0. The Hall–Kier alpha value is -1.72. The van der Waals surface area contributed by atoms with Gasteiger partial charge in [-0.2, -0.15) is 8.42 Å². The van der Waals surface area contributed by atoms with Crippen molar-refractivity contribution in [3.05, 3.63) is 37.9 Å². The minimum absolute atomic E-state index is 0.0119. The maximum Gasteiger partial charge on any atom is 0.293 e. The van der Waals surface area contributed by atoms with Crippen molar-refractivity contribution in [1.82, 2.24) is 15.0 Å². The molecule has 1 N–H and O–H groups in total. The fourth-order valence-corrected chi connectivity index (χ4v) is 3.89. The monoisotopic (exact) mass is 395 g/mol. The van der Waals surface area contributed by atoms with Crippen molar-refractivity contribution in [3.8, 4) is 0 Å². The van der Waals surface area contributed by atoms with Crippen molar-refractivity contribution in [1.29, 1.82) is 0 Å². The topological polar surface area (TPSA) is 120 Å². The van der Waals surface area contributed by atoms with E-state index >= 15 is 0 Å². The Kier molecular flexibility index (Phi) is 4.16. The molecule has 0 radical (unpaired) electrons. The van der Waals surface area contributed by atoms with Crippen LogP contribution < -0.4 is 4.72 Å². The van der Waals surface area contributed by atoms with E-state index in [2.05, 4.69) is 31.0 Å². The lowest BCUT2D eigenvalue weighted by molar-refractivity contribution is -0.383. The van der Waals surface area contributed by atoms with Gasteiger partial charge < -0.3 is 0 Å². The second kappa shape index (κ2) is 5.58. The van der Waals surface area contributed by atoms with Gasteiger partial charge in [-0.15, -0.1) is 5.10 Å². The number of halogens is 2. The summed E-state index contributed by atoms with van der Waals surface area (Å²) >= 11 is 8.70. The molecule has 1 aromatic heterocycles. The van der Waals surface area contributed by atoms with Crippen LogP contribution in [0, 0.1) is 10.1 Å². The van der Waals surface area contributed by atoms with Crippen molar-refractivity contribution in [2.24, 2.45) is 7.05 Å². The Balaban J connectivity index is 2.51. The van der Waals surface area contributed by atoms with Gasteiger partial charge in [0, 0.05) is 18.1 Å². The average Bonchev–Trinajstić information content (AvgIpc) is 2.68. The van der Waals surface area contributed by atoms with Crippen LogP contribution in [0.25, 0.3) is 0 Å². The van der Waals surface area contributed by atoms with E-state index in [1.807, 2.05) is 0 Å². The third-order valence-electron chi connectivity index (χ3n) is 2.39. The van der Waals surface area contributed by atoms with Gasteiger partial charge in [0.15, 0.2) is 4.60 Å². The van der Waals surface area contributed by atoms with E-state index in [4.69, 9.17) is 11.6 Å². The molecule has 0 aliphatic heterocycles. The summed E-state index contributed by atoms with van der Waals surface area (Å²) in [5, 5.41) is 17.9. The predicted molar refractivity (Wildman–Crippen MR) is 77.6 cm³/mol. The number of aromatic nitrogens is 3. The summed E-state index contributed by atoms with van der Waals surface area (Å²) in [6.45, 7) is 0. The lowest BCUT2D eigenvalue weighted by atomic mass is 10.3. The maximum absolute atomic E-state index is 12.3. The summed E-state index contributed by atoms with van der Waals surface area (Å²) in [4.78, 5) is 10.2. The Morgan fingerprint density at radius 1 is 1.48 bits per heavy atom. The maximum atomic E-state index is 12.3. The fraction of sp³-hybridized carbons (Fsp3) is 0.111. The van der Waals surface area contributed by atoms with Gasteiger partial charge in [0.1, 0.15) is 5.69 Å². The third-order valence-corrected chi connectivity index (χ3v) is 4.88. The normalized spacial score (nSPS) is 11.4. The van der Waals surface area contributed by atoms with Crippen molar-refractivity contribution in [2.45, 2.75) is 5.03 Å². The van der Waals surface area contributed by atoms with Crippen LogP contribution in [0.3, 0.4) is 0 Å². The molecule has 2 aromatic rings. The minimum atomic E-state index is -4.13. The number of nitro benzene ring substituents is 1. The zero-order valence-corrected chi connectivity index (χ0v) is 13.5. The van der Waals surface area contributed by atoms with Gasteiger partial charge in [0.2, 0.25) is 5.03 Å². The molecule has 0 amide bonds. The first kappa shape index (κ1) is 15.7. The van der Waals surface area contributed by atoms with Gasteiger partial charge in [-0.05, 0) is 28.1 Å². The molecule has 0 bridgehead atoms. The summed E-state index contributed by atoms with van der Waals surface area (Å²) in [7, 11) is -2.75. The van der Waals surface area contributed by atoms with Gasteiger partial charge in [0.25, 0.3) is 15.7 Å². The van der Waals surface area contributed by atoms with E-state index in [9.17, 15) is 18.5 Å². The molecular formula is C9H7BrClN5O4S. The van der Waals surface area contributed by atoms with Gasteiger partial charge in [0.05, 0.1) is 4.92 Å². The summed E-state index contributed by atoms with van der Waals surface area (Å²) in [6, 6.07) is 3.55. The summed E-state index contributed by atoms with van der Waals surface area (Å²) < 4.78 is 27.7. The highest BCUT2D eigenvalue weighted by Gasteiger charge is 2.27. The van der Waals surface area contributed by atoms with E-state index in [1.54, 1.807) is 0 Å². The predicted octanol–water partition coefficient (Wildman–Crippen LogP) is 1.94. The van der Waals surface area contributed by atoms with Crippen LogP contribution in [0.1, 0.15) is 0 Å². The van der Waals surface area contributed by atoms with Crippen LogP contribution in [0.5, 0.6) is 0 Å². The number of hydrogen-bond acceptors (Lipinski definition) is 6. The van der Waals surface area contributed by atoms with Crippen LogP contribution >= 0.6 is 27.5 Å². The standard InChI is InChI=1S/C9H7BrClN5O4S/c1-15-9(8(10)12-14-15)21(19,20)13-6-4-5(11)2-3-7(6)16(17)18/h2-4,13H,1H3. The molecule has 0 saturated heterocycles. The first-order valence-corrected chi connectivity index (χ1v) is 7.89. The highest BCUT2D eigenvalue weighted by Crippen LogP contribution is 2.30. The summed E-state index contributed by atoms with van der Waals surface area (Å²) in [5.41, 5.74) is -0.671. The average molecular weight is 397 g/mol. The smallest absolute Gasteiger partial charge is 0.272 e. The molecule has 0 atom stereocenters. The van der Waals surface area contributed by atoms with Crippen molar-refractivity contribution < 1.29 is 13.3 Å². The van der Waals surface area contributed by atoms with E-state index in [-0.39, 0.29) is 20.3 Å². The largest absolute Gasteiger partial charge is 0.293 e. The number of anilines is 1. The SMILES string of the molecule is Cn1nnc(Br)c1S(=O)(=O)Nc1cc(Cl)ccc1[N+](=O)[O-].